The van der Waals surface area contributed by atoms with Gasteiger partial charge < -0.3 is 15.2 Å². The second-order valence-corrected chi connectivity index (χ2v) is 8.31. The molecule has 5 atom stereocenters. The molecule has 1 heterocycles. The second kappa shape index (κ2) is 6.48. The van der Waals surface area contributed by atoms with E-state index in [1.807, 2.05) is 0 Å². The Labute approximate surface area is 155 Å². The number of nitrogens with one attached hydrogen (secondary N) is 1. The topological polar surface area (TPSA) is 76.4 Å². The Morgan fingerprint density at radius 1 is 1.37 bits per heavy atom. The molecule has 2 N–H and O–H groups in total. The van der Waals surface area contributed by atoms with Crippen molar-refractivity contribution in [2.24, 2.45) is 17.8 Å². The normalized spacial score (nSPS) is 34.9. The van der Waals surface area contributed by atoms with Gasteiger partial charge in [-0.25, -0.2) is 0 Å². The quantitative estimate of drug-likeness (QED) is 0.812. The summed E-state index contributed by atoms with van der Waals surface area (Å²) < 4.78 is 46.2. The van der Waals surface area contributed by atoms with E-state index in [2.05, 4.69) is 10.4 Å². The van der Waals surface area contributed by atoms with E-state index in [1.54, 1.807) is 0 Å². The third kappa shape index (κ3) is 3.35. The van der Waals surface area contributed by atoms with Gasteiger partial charge in [0.15, 0.2) is 5.69 Å². The van der Waals surface area contributed by atoms with E-state index in [4.69, 9.17) is 4.74 Å². The first-order valence-corrected chi connectivity index (χ1v) is 9.35. The number of nitrogens with zero attached hydrogens (tertiary/aromatic N) is 2. The van der Waals surface area contributed by atoms with Crippen molar-refractivity contribution in [1.82, 2.24) is 15.1 Å². The Morgan fingerprint density at radius 2 is 2.04 bits per heavy atom. The molecule has 0 spiro atoms. The summed E-state index contributed by atoms with van der Waals surface area (Å²) in [5.74, 6) is -0.0233. The summed E-state index contributed by atoms with van der Waals surface area (Å²) in [5.41, 5.74) is -2.15. The molecule has 0 saturated heterocycles. The smallest absolute Gasteiger partial charge is 0.390 e. The van der Waals surface area contributed by atoms with Crippen LogP contribution in [0.1, 0.15) is 48.2 Å². The third-order valence-electron chi connectivity index (χ3n) is 6.40. The fourth-order valence-corrected chi connectivity index (χ4v) is 5.64. The number of rotatable bonds is 5. The van der Waals surface area contributed by atoms with Gasteiger partial charge in [0.05, 0.1) is 30.5 Å². The number of aliphatic hydroxyl groups is 1. The van der Waals surface area contributed by atoms with Crippen LogP contribution in [0, 0.1) is 17.8 Å². The number of amides is 1. The standard InChI is InChI=1S/C18H24F3N3O3/c1-27-3-2-24-15(18(19,20)21)13(9-22-24)16(25)23-14-11-4-10-5-12(14)8-17(26,6-10)7-11/h9-12,14,26H,2-8H2,1H3,(H,23,25)/t10?,11-,12+,14?,17?. The summed E-state index contributed by atoms with van der Waals surface area (Å²) in [6.07, 6.45) is 0.180. The minimum absolute atomic E-state index is 0.0680. The molecule has 1 amide bonds. The number of aromatic nitrogens is 2. The van der Waals surface area contributed by atoms with E-state index >= 15 is 0 Å². The van der Waals surface area contributed by atoms with Crippen molar-refractivity contribution in [2.45, 2.75) is 56.5 Å². The van der Waals surface area contributed by atoms with E-state index in [0.29, 0.717) is 18.8 Å². The molecule has 3 unspecified atom stereocenters. The summed E-state index contributed by atoms with van der Waals surface area (Å²) in [5, 5.41) is 17.2. The van der Waals surface area contributed by atoms with E-state index in [1.165, 1.54) is 7.11 Å². The summed E-state index contributed by atoms with van der Waals surface area (Å²) in [6.45, 7) is -0.0133. The monoisotopic (exact) mass is 387 g/mol. The number of halogens is 3. The number of ether oxygens (including phenoxy) is 1. The maximum absolute atomic E-state index is 13.5. The molecule has 27 heavy (non-hydrogen) atoms. The van der Waals surface area contributed by atoms with Crippen molar-refractivity contribution in [1.29, 1.82) is 0 Å². The summed E-state index contributed by atoms with van der Waals surface area (Å²) in [7, 11) is 1.39. The lowest BCUT2D eigenvalue weighted by atomic mass is 9.52. The molecule has 9 heteroatoms. The molecule has 4 bridgehead atoms. The van der Waals surface area contributed by atoms with Crippen LogP contribution in [0.25, 0.3) is 0 Å². The summed E-state index contributed by atoms with van der Waals surface area (Å²) >= 11 is 0. The highest BCUT2D eigenvalue weighted by Gasteiger charge is 2.55. The number of carbonyl (C=O) groups excluding carboxylic acids is 1. The molecule has 6 nitrogen and oxygen atoms in total. The van der Waals surface area contributed by atoms with Gasteiger partial charge >= 0.3 is 6.18 Å². The van der Waals surface area contributed by atoms with Crippen molar-refractivity contribution in [3.8, 4) is 0 Å². The molecule has 4 aliphatic rings. The first kappa shape index (κ1) is 18.7. The zero-order valence-electron chi connectivity index (χ0n) is 15.1. The van der Waals surface area contributed by atoms with Crippen LogP contribution >= 0.6 is 0 Å². The van der Waals surface area contributed by atoms with Crippen molar-refractivity contribution < 1.29 is 27.8 Å². The van der Waals surface area contributed by atoms with Crippen molar-refractivity contribution >= 4 is 5.91 Å². The number of hydrogen-bond acceptors (Lipinski definition) is 4. The first-order valence-electron chi connectivity index (χ1n) is 9.35. The van der Waals surface area contributed by atoms with E-state index in [-0.39, 0.29) is 31.0 Å². The molecule has 0 radical (unpaired) electrons. The summed E-state index contributed by atoms with van der Waals surface area (Å²) in [6, 6.07) is -0.183. The van der Waals surface area contributed by atoms with E-state index < -0.39 is 28.9 Å². The Morgan fingerprint density at radius 3 is 2.59 bits per heavy atom. The Balaban J connectivity index is 1.55. The largest absolute Gasteiger partial charge is 0.433 e. The van der Waals surface area contributed by atoms with Gasteiger partial charge in [0, 0.05) is 13.2 Å². The van der Waals surface area contributed by atoms with Crippen molar-refractivity contribution in [2.75, 3.05) is 13.7 Å². The Kier molecular flexibility index (Phi) is 4.50. The van der Waals surface area contributed by atoms with Gasteiger partial charge in [0.1, 0.15) is 0 Å². The zero-order chi connectivity index (χ0) is 19.4. The maximum Gasteiger partial charge on any atom is 0.433 e. The third-order valence-corrected chi connectivity index (χ3v) is 6.40. The van der Waals surface area contributed by atoms with Gasteiger partial charge in [-0.15, -0.1) is 0 Å². The van der Waals surface area contributed by atoms with Crippen LogP contribution in [0.3, 0.4) is 0 Å². The minimum Gasteiger partial charge on any atom is -0.390 e. The molecular weight excluding hydrogens is 363 g/mol. The van der Waals surface area contributed by atoms with Gasteiger partial charge in [0.2, 0.25) is 0 Å². The van der Waals surface area contributed by atoms with Crippen molar-refractivity contribution in [3.05, 3.63) is 17.5 Å². The van der Waals surface area contributed by atoms with Crippen LogP contribution < -0.4 is 5.32 Å². The molecule has 1 aromatic heterocycles. The average molecular weight is 387 g/mol. The molecule has 150 valence electrons. The Hall–Kier alpha value is -1.61. The van der Waals surface area contributed by atoms with Crippen LogP contribution in [0.5, 0.6) is 0 Å². The van der Waals surface area contributed by atoms with E-state index in [9.17, 15) is 23.1 Å². The van der Waals surface area contributed by atoms with Crippen LogP contribution in [-0.4, -0.2) is 46.2 Å². The highest BCUT2D eigenvalue weighted by Crippen LogP contribution is 2.55. The van der Waals surface area contributed by atoms with Gasteiger partial charge in [-0.1, -0.05) is 0 Å². The maximum atomic E-state index is 13.5. The molecule has 0 aromatic carbocycles. The first-order chi connectivity index (χ1) is 12.7. The number of hydrogen-bond donors (Lipinski definition) is 2. The highest BCUT2D eigenvalue weighted by molar-refractivity contribution is 5.95. The minimum atomic E-state index is -4.68. The Bertz CT molecular complexity index is 717. The fourth-order valence-electron chi connectivity index (χ4n) is 5.64. The SMILES string of the molecule is COCCn1ncc(C(=O)NC2[C@@H]3CC4C[C@H]2CC(O)(C4)C3)c1C(F)(F)F. The predicted octanol–water partition coefficient (Wildman–Crippen LogP) is 2.22. The molecule has 5 rings (SSSR count). The highest BCUT2D eigenvalue weighted by atomic mass is 19.4. The van der Waals surface area contributed by atoms with Gasteiger partial charge in [0.25, 0.3) is 5.91 Å². The fraction of sp³-hybridized carbons (Fsp3) is 0.778. The van der Waals surface area contributed by atoms with Crippen LogP contribution in [0.15, 0.2) is 6.20 Å². The average Bonchev–Trinajstić information content (AvgIpc) is 2.99. The molecule has 4 saturated carbocycles. The predicted molar refractivity (Wildman–Crippen MR) is 88.9 cm³/mol. The lowest BCUT2D eigenvalue weighted by Crippen LogP contribution is -2.61. The lowest BCUT2D eigenvalue weighted by Gasteiger charge is -2.58. The van der Waals surface area contributed by atoms with Crippen LogP contribution in [0.2, 0.25) is 0 Å². The lowest BCUT2D eigenvalue weighted by molar-refractivity contribution is -0.144. The van der Waals surface area contributed by atoms with Gasteiger partial charge in [-0.05, 0) is 49.9 Å². The number of alkyl halides is 3. The molecule has 0 aliphatic heterocycles. The van der Waals surface area contributed by atoms with Crippen LogP contribution in [-0.2, 0) is 17.5 Å². The van der Waals surface area contributed by atoms with Crippen LogP contribution in [0.4, 0.5) is 13.2 Å². The second-order valence-electron chi connectivity index (χ2n) is 8.31. The molecule has 4 aliphatic carbocycles. The number of methoxy groups -OCH3 is 1. The molecular formula is C18H24F3N3O3. The van der Waals surface area contributed by atoms with Crippen molar-refractivity contribution in [3.63, 3.8) is 0 Å². The summed E-state index contributed by atoms with van der Waals surface area (Å²) in [4.78, 5) is 12.7. The molecule has 4 fully saturated rings. The number of carbonyl (C=O) groups is 1. The molecule has 1 aromatic rings. The van der Waals surface area contributed by atoms with Gasteiger partial charge in [-0.2, -0.15) is 18.3 Å². The van der Waals surface area contributed by atoms with E-state index in [0.717, 1.165) is 30.1 Å². The zero-order valence-corrected chi connectivity index (χ0v) is 15.1. The van der Waals surface area contributed by atoms with Gasteiger partial charge in [-0.3, -0.25) is 9.48 Å².